The van der Waals surface area contributed by atoms with Crippen molar-refractivity contribution in [2.75, 3.05) is 18.4 Å². The zero-order valence-electron chi connectivity index (χ0n) is 17.1. The second-order valence-corrected chi connectivity index (χ2v) is 8.81. The number of halogens is 1. The number of pyridine rings is 1. The minimum absolute atomic E-state index is 0.121. The highest BCUT2D eigenvalue weighted by atomic mass is 35.5. The van der Waals surface area contributed by atoms with Gasteiger partial charge in [0.05, 0.1) is 10.5 Å². The van der Waals surface area contributed by atoms with Crippen molar-refractivity contribution in [1.82, 2.24) is 9.88 Å². The molecule has 0 atom stereocenters. The number of carbonyl (C=O) groups excluding carboxylic acids is 1. The molecule has 5 heteroatoms. The van der Waals surface area contributed by atoms with E-state index in [0.29, 0.717) is 5.56 Å². The molecule has 30 heavy (non-hydrogen) atoms. The van der Waals surface area contributed by atoms with Gasteiger partial charge in [-0.15, -0.1) is 0 Å². The van der Waals surface area contributed by atoms with Crippen molar-refractivity contribution in [2.24, 2.45) is 0 Å². The van der Waals surface area contributed by atoms with E-state index in [4.69, 9.17) is 16.6 Å². The number of carbonyl (C=O) groups is 1. The summed E-state index contributed by atoms with van der Waals surface area (Å²) in [6.07, 6.45) is 6.82. The van der Waals surface area contributed by atoms with E-state index in [9.17, 15) is 4.79 Å². The third-order valence-electron chi connectivity index (χ3n) is 6.24. The predicted octanol–water partition coefficient (Wildman–Crippen LogP) is 5.62. The van der Waals surface area contributed by atoms with E-state index in [1.807, 2.05) is 30.3 Å². The van der Waals surface area contributed by atoms with Gasteiger partial charge in [0.15, 0.2) is 0 Å². The maximum Gasteiger partial charge on any atom is 0.255 e. The largest absolute Gasteiger partial charge is 0.322 e. The Morgan fingerprint density at radius 2 is 1.87 bits per heavy atom. The van der Waals surface area contributed by atoms with Crippen molar-refractivity contribution in [1.29, 1.82) is 0 Å². The molecule has 0 spiro atoms. The number of amides is 1. The Hall–Kier alpha value is -2.43. The van der Waals surface area contributed by atoms with E-state index in [2.05, 4.69) is 22.3 Å². The maximum atomic E-state index is 12.9. The molecule has 1 aliphatic heterocycles. The van der Waals surface area contributed by atoms with E-state index in [0.717, 1.165) is 71.8 Å². The molecule has 5 rings (SSSR count). The van der Waals surface area contributed by atoms with Gasteiger partial charge in [0.2, 0.25) is 0 Å². The molecule has 0 bridgehead atoms. The molecule has 1 aliphatic carbocycles. The van der Waals surface area contributed by atoms with Gasteiger partial charge in [0.25, 0.3) is 5.91 Å². The summed E-state index contributed by atoms with van der Waals surface area (Å²) in [5.74, 6) is -0.121. The van der Waals surface area contributed by atoms with Crippen LogP contribution in [0.1, 0.15) is 52.9 Å². The number of likely N-dealkylation sites (tertiary alicyclic amines) is 1. The Labute approximate surface area is 182 Å². The van der Waals surface area contributed by atoms with Crippen molar-refractivity contribution in [2.45, 2.75) is 45.1 Å². The van der Waals surface area contributed by atoms with Crippen LogP contribution in [0.5, 0.6) is 0 Å². The summed E-state index contributed by atoms with van der Waals surface area (Å²) in [5.41, 5.74) is 5.80. The molecule has 2 aliphatic rings. The van der Waals surface area contributed by atoms with Gasteiger partial charge in [-0.2, -0.15) is 0 Å². The van der Waals surface area contributed by atoms with Gasteiger partial charge in [-0.25, -0.2) is 0 Å². The fourth-order valence-corrected chi connectivity index (χ4v) is 5.01. The number of anilines is 1. The molecule has 1 saturated heterocycles. The number of aryl methyl sites for hydroxylation is 1. The predicted molar refractivity (Wildman–Crippen MR) is 122 cm³/mol. The number of hydrogen-bond acceptors (Lipinski definition) is 3. The zero-order valence-corrected chi connectivity index (χ0v) is 17.8. The number of aromatic nitrogens is 1. The average molecular weight is 420 g/mol. The Morgan fingerprint density at radius 1 is 1.03 bits per heavy atom. The van der Waals surface area contributed by atoms with Crippen LogP contribution < -0.4 is 5.32 Å². The van der Waals surface area contributed by atoms with Gasteiger partial charge in [-0.05, 0) is 93.1 Å². The van der Waals surface area contributed by atoms with Crippen molar-refractivity contribution < 1.29 is 4.79 Å². The van der Waals surface area contributed by atoms with E-state index in [1.165, 1.54) is 24.8 Å². The second-order valence-electron chi connectivity index (χ2n) is 8.43. The molecule has 1 fully saturated rings. The van der Waals surface area contributed by atoms with Crippen molar-refractivity contribution in [3.63, 3.8) is 0 Å². The topological polar surface area (TPSA) is 45.2 Å². The zero-order chi connectivity index (χ0) is 20.5. The first-order valence-corrected chi connectivity index (χ1v) is 11.3. The van der Waals surface area contributed by atoms with Gasteiger partial charge in [0.1, 0.15) is 0 Å². The molecule has 2 aromatic carbocycles. The lowest BCUT2D eigenvalue weighted by Gasteiger charge is -2.18. The van der Waals surface area contributed by atoms with Crippen LogP contribution in [0, 0.1) is 0 Å². The summed E-state index contributed by atoms with van der Waals surface area (Å²) >= 11 is 6.72. The van der Waals surface area contributed by atoms with E-state index >= 15 is 0 Å². The summed E-state index contributed by atoms with van der Waals surface area (Å²) in [7, 11) is 0. The first kappa shape index (κ1) is 19.5. The highest BCUT2D eigenvalue weighted by Crippen LogP contribution is 2.33. The molecule has 3 aromatic rings. The number of nitrogens with zero attached hydrogens (tertiary/aromatic N) is 2. The average Bonchev–Trinajstić information content (AvgIpc) is 3.27. The fraction of sp³-hybridized carbons (Fsp3) is 0.360. The second kappa shape index (κ2) is 8.37. The third-order valence-corrected chi connectivity index (χ3v) is 6.68. The van der Waals surface area contributed by atoms with Gasteiger partial charge >= 0.3 is 0 Å². The van der Waals surface area contributed by atoms with Crippen LogP contribution in [0.15, 0.2) is 42.5 Å². The summed E-state index contributed by atoms with van der Waals surface area (Å²) in [4.78, 5) is 20.2. The highest BCUT2D eigenvalue weighted by Gasteiger charge is 2.18. The highest BCUT2D eigenvalue weighted by molar-refractivity contribution is 6.36. The molecule has 2 heterocycles. The van der Waals surface area contributed by atoms with Crippen LogP contribution in [-0.2, 0) is 19.4 Å². The maximum absolute atomic E-state index is 12.9. The van der Waals surface area contributed by atoms with Gasteiger partial charge in [0, 0.05) is 28.9 Å². The normalized spacial score (nSPS) is 16.6. The SMILES string of the molecule is O=C(Nc1cccc(CN2CCCC2)c1)c1ccc2nc3c(c(Cl)c2c1)CCCC3. The molecule has 0 saturated carbocycles. The minimum atomic E-state index is -0.121. The minimum Gasteiger partial charge on any atom is -0.322 e. The lowest BCUT2D eigenvalue weighted by Crippen LogP contribution is -2.18. The molecule has 0 unspecified atom stereocenters. The van der Waals surface area contributed by atoms with E-state index in [-0.39, 0.29) is 5.91 Å². The lowest BCUT2D eigenvalue weighted by atomic mass is 9.94. The van der Waals surface area contributed by atoms with Crippen LogP contribution in [0.4, 0.5) is 5.69 Å². The smallest absolute Gasteiger partial charge is 0.255 e. The third kappa shape index (κ3) is 3.94. The standard InChI is InChI=1S/C25H26ClN3O/c26-24-20-8-1-2-9-22(20)28-23-11-10-18(15-21(23)24)25(30)27-19-7-5-6-17(14-19)16-29-12-3-4-13-29/h5-7,10-11,14-15H,1-4,8-9,12-13,16H2,(H,27,30). The number of hydrogen-bond donors (Lipinski definition) is 1. The number of fused-ring (bicyclic) bond motifs is 2. The Kier molecular flexibility index (Phi) is 5.45. The molecule has 1 amide bonds. The molecule has 4 nitrogen and oxygen atoms in total. The molecular formula is C25H26ClN3O. The number of rotatable bonds is 4. The lowest BCUT2D eigenvalue weighted by molar-refractivity contribution is 0.102. The van der Waals surface area contributed by atoms with Crippen LogP contribution in [0.2, 0.25) is 5.02 Å². The first-order chi connectivity index (χ1) is 14.7. The van der Waals surface area contributed by atoms with Crippen LogP contribution in [0.3, 0.4) is 0 Å². The van der Waals surface area contributed by atoms with E-state index in [1.54, 1.807) is 0 Å². The van der Waals surface area contributed by atoms with Crippen LogP contribution in [0.25, 0.3) is 10.9 Å². The molecular weight excluding hydrogens is 394 g/mol. The van der Waals surface area contributed by atoms with Crippen LogP contribution in [-0.4, -0.2) is 28.9 Å². The van der Waals surface area contributed by atoms with Crippen molar-refractivity contribution in [3.8, 4) is 0 Å². The molecule has 0 radical (unpaired) electrons. The first-order valence-electron chi connectivity index (χ1n) is 10.9. The molecule has 1 N–H and O–H groups in total. The monoisotopic (exact) mass is 419 g/mol. The van der Waals surface area contributed by atoms with Gasteiger partial charge in [-0.3, -0.25) is 14.7 Å². The van der Waals surface area contributed by atoms with Crippen molar-refractivity contribution >= 4 is 34.1 Å². The molecule has 1 aromatic heterocycles. The summed E-state index contributed by atoms with van der Waals surface area (Å²) in [6, 6.07) is 13.8. The van der Waals surface area contributed by atoms with E-state index < -0.39 is 0 Å². The quantitative estimate of drug-likeness (QED) is 0.597. The van der Waals surface area contributed by atoms with Crippen molar-refractivity contribution in [3.05, 3.63) is 69.9 Å². The van der Waals surface area contributed by atoms with Crippen LogP contribution >= 0.6 is 11.6 Å². The Balaban J connectivity index is 1.37. The Bertz CT molecular complexity index is 1100. The fourth-order valence-electron chi connectivity index (χ4n) is 4.66. The number of nitrogens with one attached hydrogen (secondary N) is 1. The number of benzene rings is 2. The summed E-state index contributed by atoms with van der Waals surface area (Å²) in [5, 5.41) is 4.68. The van der Waals surface area contributed by atoms with Gasteiger partial charge in [-0.1, -0.05) is 23.7 Å². The summed E-state index contributed by atoms with van der Waals surface area (Å²) < 4.78 is 0. The summed E-state index contributed by atoms with van der Waals surface area (Å²) in [6.45, 7) is 3.25. The Morgan fingerprint density at radius 3 is 2.73 bits per heavy atom. The van der Waals surface area contributed by atoms with Gasteiger partial charge < -0.3 is 5.32 Å². The molecule has 154 valence electrons.